The van der Waals surface area contributed by atoms with Crippen LogP contribution >= 0.6 is 11.3 Å². The van der Waals surface area contributed by atoms with Gasteiger partial charge in [0, 0.05) is 24.3 Å². The molecule has 1 aliphatic rings. The van der Waals surface area contributed by atoms with Gasteiger partial charge >= 0.3 is 5.97 Å². The van der Waals surface area contributed by atoms with Crippen LogP contribution in [0.3, 0.4) is 0 Å². The summed E-state index contributed by atoms with van der Waals surface area (Å²) in [6.45, 7) is 1.66. The number of aryl methyl sites for hydroxylation is 2. The fraction of sp³-hybridized carbons (Fsp3) is 0.389. The number of rotatable bonds is 4. The predicted molar refractivity (Wildman–Crippen MR) is 101 cm³/mol. The molecule has 0 spiro atoms. The molecule has 0 saturated heterocycles. The average Bonchev–Trinajstić information content (AvgIpc) is 3.05. The van der Waals surface area contributed by atoms with Crippen LogP contribution in [0.25, 0.3) is 21.7 Å². The summed E-state index contributed by atoms with van der Waals surface area (Å²) >= 11 is 1.69. The lowest BCUT2D eigenvalue weighted by atomic mass is 9.97. The van der Waals surface area contributed by atoms with Gasteiger partial charge in [0.15, 0.2) is 5.82 Å². The molecule has 0 aliphatic heterocycles. The summed E-state index contributed by atoms with van der Waals surface area (Å²) < 4.78 is 0. The number of aliphatic carboxylic acids is 1. The second-order valence-electron chi connectivity index (χ2n) is 6.48. The van der Waals surface area contributed by atoms with E-state index in [1.807, 2.05) is 0 Å². The van der Waals surface area contributed by atoms with Crippen LogP contribution < -0.4 is 4.90 Å². The third-order valence-corrected chi connectivity index (χ3v) is 6.05. The number of hydrogen-bond donors (Lipinski definition) is 1. The van der Waals surface area contributed by atoms with Crippen LogP contribution in [0.2, 0.25) is 0 Å². The Kier molecular flexibility index (Phi) is 4.28. The smallest absolute Gasteiger partial charge is 0.326 e. The van der Waals surface area contributed by atoms with Crippen molar-refractivity contribution in [3.8, 4) is 11.5 Å². The maximum atomic E-state index is 11.5. The van der Waals surface area contributed by atoms with Gasteiger partial charge in [0.2, 0.25) is 0 Å². The molecule has 7 nitrogen and oxygen atoms in total. The number of nitrogens with zero attached hydrogens (tertiary/aromatic N) is 5. The number of hydrogen-bond acceptors (Lipinski definition) is 7. The molecule has 1 unspecified atom stereocenters. The number of aromatic nitrogens is 4. The molecular formula is C18H19N5O2S. The molecule has 26 heavy (non-hydrogen) atoms. The first kappa shape index (κ1) is 16.8. The maximum Gasteiger partial charge on any atom is 0.326 e. The van der Waals surface area contributed by atoms with Gasteiger partial charge in [-0.05, 0) is 38.2 Å². The zero-order chi connectivity index (χ0) is 18.3. The first-order chi connectivity index (χ1) is 12.6. The molecule has 0 fully saturated rings. The van der Waals surface area contributed by atoms with E-state index in [1.54, 1.807) is 48.8 Å². The van der Waals surface area contributed by atoms with Gasteiger partial charge < -0.3 is 10.0 Å². The van der Waals surface area contributed by atoms with Gasteiger partial charge in [-0.3, -0.25) is 4.98 Å². The number of anilines is 1. The molecule has 0 radical (unpaired) electrons. The second kappa shape index (κ2) is 6.60. The Morgan fingerprint density at radius 1 is 1.27 bits per heavy atom. The first-order valence-corrected chi connectivity index (χ1v) is 9.42. The highest BCUT2D eigenvalue weighted by Gasteiger charge is 2.27. The summed E-state index contributed by atoms with van der Waals surface area (Å²) in [7, 11) is 1.77. The van der Waals surface area contributed by atoms with Crippen molar-refractivity contribution in [2.24, 2.45) is 0 Å². The highest BCUT2D eigenvalue weighted by atomic mass is 32.1. The fourth-order valence-electron chi connectivity index (χ4n) is 3.27. The van der Waals surface area contributed by atoms with Crippen LogP contribution in [0.1, 0.15) is 30.2 Å². The summed E-state index contributed by atoms with van der Waals surface area (Å²) in [6.07, 6.45) is 9.19. The largest absolute Gasteiger partial charge is 0.480 e. The summed E-state index contributed by atoms with van der Waals surface area (Å²) in [5, 5.41) is 10.4. The molecule has 3 heterocycles. The molecule has 0 aromatic carbocycles. The third-order valence-electron chi connectivity index (χ3n) is 4.86. The Balaban J connectivity index is 1.96. The Bertz CT molecular complexity index is 973. The van der Waals surface area contributed by atoms with Crippen LogP contribution in [0, 0.1) is 0 Å². The lowest BCUT2D eigenvalue weighted by Gasteiger charge is -2.24. The molecule has 4 rings (SSSR count). The first-order valence-electron chi connectivity index (χ1n) is 8.60. The minimum atomic E-state index is -0.885. The Morgan fingerprint density at radius 2 is 2.08 bits per heavy atom. The van der Waals surface area contributed by atoms with E-state index in [-0.39, 0.29) is 0 Å². The number of fused-ring (bicyclic) bond motifs is 3. The topological polar surface area (TPSA) is 92.1 Å². The van der Waals surface area contributed by atoms with Crippen LogP contribution in [0.5, 0.6) is 0 Å². The van der Waals surface area contributed by atoms with E-state index in [0.717, 1.165) is 29.5 Å². The van der Waals surface area contributed by atoms with E-state index in [0.29, 0.717) is 17.3 Å². The number of thiophene rings is 1. The molecule has 1 N–H and O–H groups in total. The highest BCUT2D eigenvalue weighted by Crippen LogP contribution is 2.40. The fourth-order valence-corrected chi connectivity index (χ4v) is 4.53. The van der Waals surface area contributed by atoms with Gasteiger partial charge in [-0.2, -0.15) is 0 Å². The van der Waals surface area contributed by atoms with Crippen LogP contribution in [-0.2, 0) is 17.6 Å². The summed E-state index contributed by atoms with van der Waals surface area (Å²) in [5.41, 5.74) is 1.86. The third kappa shape index (κ3) is 2.80. The predicted octanol–water partition coefficient (Wildman–Crippen LogP) is 2.94. The molecule has 1 atom stereocenters. The van der Waals surface area contributed by atoms with Crippen LogP contribution in [-0.4, -0.2) is 44.1 Å². The average molecular weight is 369 g/mol. The Hall–Kier alpha value is -2.61. The van der Waals surface area contributed by atoms with Gasteiger partial charge in [0.25, 0.3) is 0 Å². The number of carboxylic acid groups (broad SMARTS) is 1. The molecule has 8 heteroatoms. The van der Waals surface area contributed by atoms with Crippen molar-refractivity contribution < 1.29 is 9.90 Å². The number of carboxylic acids is 1. The second-order valence-corrected chi connectivity index (χ2v) is 7.56. The Morgan fingerprint density at radius 3 is 2.81 bits per heavy atom. The highest BCUT2D eigenvalue weighted by molar-refractivity contribution is 7.19. The molecule has 0 amide bonds. The van der Waals surface area contributed by atoms with Crippen molar-refractivity contribution in [2.45, 2.75) is 38.6 Å². The Labute approximate surface area is 154 Å². The maximum absolute atomic E-state index is 11.5. The summed E-state index contributed by atoms with van der Waals surface area (Å²) in [6, 6.07) is -0.693. The van der Waals surface area contributed by atoms with Crippen molar-refractivity contribution in [2.75, 3.05) is 11.9 Å². The van der Waals surface area contributed by atoms with E-state index >= 15 is 0 Å². The zero-order valence-electron chi connectivity index (χ0n) is 14.6. The van der Waals surface area contributed by atoms with Crippen LogP contribution in [0.15, 0.2) is 18.6 Å². The summed E-state index contributed by atoms with van der Waals surface area (Å²) in [5.74, 6) is 0.248. The van der Waals surface area contributed by atoms with Gasteiger partial charge in [-0.15, -0.1) is 11.3 Å². The monoisotopic (exact) mass is 369 g/mol. The van der Waals surface area contributed by atoms with Crippen LogP contribution in [0.4, 0.5) is 5.82 Å². The number of likely N-dealkylation sites (N-methyl/N-ethyl adjacent to an activating group) is 1. The minimum absolute atomic E-state index is 0.476. The van der Waals surface area contributed by atoms with E-state index in [9.17, 15) is 9.90 Å². The molecule has 1 aliphatic carbocycles. The van der Waals surface area contributed by atoms with E-state index < -0.39 is 12.0 Å². The van der Waals surface area contributed by atoms with Gasteiger partial charge in [0.05, 0.1) is 11.6 Å². The van der Waals surface area contributed by atoms with Crippen molar-refractivity contribution in [3.05, 3.63) is 29.0 Å². The minimum Gasteiger partial charge on any atom is -0.480 e. The number of carbonyl (C=O) groups is 1. The molecular weight excluding hydrogens is 350 g/mol. The molecule has 0 saturated carbocycles. The van der Waals surface area contributed by atoms with Gasteiger partial charge in [-0.1, -0.05) is 0 Å². The molecule has 134 valence electrons. The standard InChI is InChI=1S/C18H19N5O2S/c1-10(18(24)25)23(2)16-14-11-5-3-4-6-13(11)26-17(14)22-15(21-16)12-9-19-7-8-20-12/h7-10H,3-6H2,1-2H3,(H,24,25). The van der Waals surface area contributed by atoms with E-state index in [1.165, 1.54) is 16.9 Å². The summed E-state index contributed by atoms with van der Waals surface area (Å²) in [4.78, 5) is 33.3. The van der Waals surface area contributed by atoms with Crippen molar-refractivity contribution in [3.63, 3.8) is 0 Å². The molecule has 3 aromatic rings. The lowest BCUT2D eigenvalue weighted by Crippen LogP contribution is -2.36. The van der Waals surface area contributed by atoms with Crippen molar-refractivity contribution in [1.29, 1.82) is 0 Å². The zero-order valence-corrected chi connectivity index (χ0v) is 15.5. The van der Waals surface area contributed by atoms with Crippen molar-refractivity contribution >= 4 is 33.3 Å². The SMILES string of the molecule is CC(C(=O)O)N(C)c1nc(-c2cnccn2)nc2sc3c(c12)CCCC3. The quantitative estimate of drug-likeness (QED) is 0.756. The van der Waals surface area contributed by atoms with E-state index in [4.69, 9.17) is 9.97 Å². The lowest BCUT2D eigenvalue weighted by molar-refractivity contribution is -0.138. The van der Waals surface area contributed by atoms with E-state index in [2.05, 4.69) is 9.97 Å². The normalized spacial score (nSPS) is 14.8. The molecule has 0 bridgehead atoms. The van der Waals surface area contributed by atoms with Crippen molar-refractivity contribution in [1.82, 2.24) is 19.9 Å². The van der Waals surface area contributed by atoms with Gasteiger partial charge in [0.1, 0.15) is 22.4 Å². The van der Waals surface area contributed by atoms with Gasteiger partial charge in [-0.25, -0.2) is 19.7 Å². The molecule has 3 aromatic heterocycles.